The molecule has 304 valence electrons. The summed E-state index contributed by atoms with van der Waals surface area (Å²) >= 11 is 0. The molecule has 4 aromatic rings. The largest absolute Gasteiger partial charge is 0.487 e. The first-order chi connectivity index (χ1) is 28.5. The van der Waals surface area contributed by atoms with Gasteiger partial charge in [-0.1, -0.05) is 85.6 Å². The SMILES string of the molecule is c1ccc2c(c1)CCN(Cc1ccc3c(c1)C[C@@]1(CCN4CCCC[C@H]4C1)O3)C2.c1ccc2c(c1)CCN(Cc1ccc3c(c1)C[C@]1(CCN4CCCC[C@@H]4C1)O3)C2. The second kappa shape index (κ2) is 15.7. The molecule has 0 aliphatic carbocycles. The van der Waals surface area contributed by atoms with Crippen LogP contribution in [0.2, 0.25) is 0 Å². The molecule has 8 aliphatic heterocycles. The molecule has 2 spiro atoms. The van der Waals surface area contributed by atoms with Crippen LogP contribution < -0.4 is 9.47 Å². The average Bonchev–Trinajstić information content (AvgIpc) is 3.79. The van der Waals surface area contributed by atoms with Crippen LogP contribution in [0, 0.1) is 0 Å². The lowest BCUT2D eigenvalue weighted by Crippen LogP contribution is -2.54. The lowest BCUT2D eigenvalue weighted by Gasteiger charge is -2.46. The Morgan fingerprint density at radius 1 is 0.483 bits per heavy atom. The van der Waals surface area contributed by atoms with Crippen LogP contribution in [0.25, 0.3) is 0 Å². The number of benzene rings is 4. The molecule has 6 nitrogen and oxygen atoms in total. The van der Waals surface area contributed by atoms with Gasteiger partial charge in [-0.2, -0.15) is 0 Å². The lowest BCUT2D eigenvalue weighted by molar-refractivity contribution is -0.0252. The minimum atomic E-state index is 0.0729. The molecule has 4 fully saturated rings. The molecule has 0 unspecified atom stereocenters. The summed E-state index contributed by atoms with van der Waals surface area (Å²) in [6.07, 6.45) is 17.7. The molecule has 12 rings (SSSR count). The number of piperidine rings is 4. The molecular weight excluding hydrogens is 713 g/mol. The van der Waals surface area contributed by atoms with E-state index in [1.165, 1.54) is 148 Å². The van der Waals surface area contributed by atoms with E-state index in [4.69, 9.17) is 9.47 Å². The third-order valence-electron chi connectivity index (χ3n) is 15.6. The zero-order valence-electron chi connectivity index (χ0n) is 34.8. The third-order valence-corrected chi connectivity index (χ3v) is 15.6. The van der Waals surface area contributed by atoms with Gasteiger partial charge in [-0.05, 0) is 108 Å². The first kappa shape index (κ1) is 37.3. The summed E-state index contributed by atoms with van der Waals surface area (Å²) in [7, 11) is 0. The summed E-state index contributed by atoms with van der Waals surface area (Å²) < 4.78 is 13.3. The van der Waals surface area contributed by atoms with Gasteiger partial charge in [-0.25, -0.2) is 0 Å². The second-order valence-electron chi connectivity index (χ2n) is 19.5. The minimum absolute atomic E-state index is 0.0729. The van der Waals surface area contributed by atoms with Crippen LogP contribution in [0.1, 0.15) is 109 Å². The fraction of sp³-hybridized carbons (Fsp3) is 0.538. The lowest BCUT2D eigenvalue weighted by atomic mass is 9.80. The van der Waals surface area contributed by atoms with E-state index < -0.39 is 0 Å². The smallest absolute Gasteiger partial charge is 0.123 e. The van der Waals surface area contributed by atoms with E-state index in [0.717, 1.165) is 75.7 Å². The van der Waals surface area contributed by atoms with Gasteiger partial charge in [0.15, 0.2) is 0 Å². The fourth-order valence-corrected chi connectivity index (χ4v) is 12.5. The fourth-order valence-electron chi connectivity index (χ4n) is 12.5. The summed E-state index contributed by atoms with van der Waals surface area (Å²) in [6, 6.07) is 33.3. The standard InChI is InChI=1S/2C26H32N2O/c2*1-2-6-22-19-27(13-10-21(22)5-1)18-20-8-9-25-23(15-20)16-26(29-25)11-14-28-12-4-3-7-24(28)17-26/h2*1-2,5-6,8-9,15,24H,3-4,7,10-14,16-19H2/t2*24-,26+/m10/s1. The van der Waals surface area contributed by atoms with Crippen molar-refractivity contribution in [1.82, 2.24) is 19.6 Å². The normalized spacial score (nSPS) is 29.2. The molecule has 8 aliphatic rings. The highest BCUT2D eigenvalue weighted by molar-refractivity contribution is 5.44. The van der Waals surface area contributed by atoms with Gasteiger partial charge >= 0.3 is 0 Å². The molecule has 4 atom stereocenters. The maximum atomic E-state index is 6.64. The molecular formula is C52H64N4O2. The van der Waals surface area contributed by atoms with Gasteiger partial charge in [-0.3, -0.25) is 9.80 Å². The van der Waals surface area contributed by atoms with Crippen LogP contribution in [-0.4, -0.2) is 82.2 Å². The molecule has 0 amide bonds. The third kappa shape index (κ3) is 7.64. The Morgan fingerprint density at radius 2 is 0.948 bits per heavy atom. The van der Waals surface area contributed by atoms with Gasteiger partial charge in [0.05, 0.1) is 0 Å². The Hall–Kier alpha value is -3.68. The minimum Gasteiger partial charge on any atom is -0.487 e. The Morgan fingerprint density at radius 3 is 1.43 bits per heavy atom. The Labute approximate surface area is 347 Å². The van der Waals surface area contributed by atoms with Gasteiger partial charge < -0.3 is 19.3 Å². The second-order valence-corrected chi connectivity index (χ2v) is 19.5. The van der Waals surface area contributed by atoms with E-state index in [0.29, 0.717) is 0 Å². The van der Waals surface area contributed by atoms with Gasteiger partial charge in [0, 0.05) is 103 Å². The summed E-state index contributed by atoms with van der Waals surface area (Å²) in [6.45, 7) is 11.6. The van der Waals surface area contributed by atoms with Crippen molar-refractivity contribution in [3.8, 4) is 11.5 Å². The number of fused-ring (bicyclic) bond motifs is 6. The topological polar surface area (TPSA) is 31.4 Å². The molecule has 0 saturated carbocycles. The monoisotopic (exact) mass is 777 g/mol. The van der Waals surface area contributed by atoms with E-state index in [2.05, 4.69) is 105 Å². The van der Waals surface area contributed by atoms with Crippen molar-refractivity contribution in [2.24, 2.45) is 0 Å². The molecule has 58 heavy (non-hydrogen) atoms. The first-order valence-corrected chi connectivity index (χ1v) is 23.2. The summed E-state index contributed by atoms with van der Waals surface area (Å²) in [5, 5.41) is 0. The Balaban J connectivity index is 0.000000133. The molecule has 4 aromatic carbocycles. The van der Waals surface area contributed by atoms with E-state index in [-0.39, 0.29) is 11.2 Å². The van der Waals surface area contributed by atoms with E-state index in [9.17, 15) is 0 Å². The highest BCUT2D eigenvalue weighted by Gasteiger charge is 2.47. The maximum absolute atomic E-state index is 6.64. The highest BCUT2D eigenvalue weighted by Crippen LogP contribution is 2.46. The van der Waals surface area contributed by atoms with Crippen LogP contribution in [0.4, 0.5) is 0 Å². The molecule has 8 heterocycles. The van der Waals surface area contributed by atoms with E-state index in [1.807, 2.05) is 0 Å². The predicted octanol–water partition coefficient (Wildman–Crippen LogP) is 9.13. The van der Waals surface area contributed by atoms with Crippen molar-refractivity contribution in [3.05, 3.63) is 129 Å². The Kier molecular flexibility index (Phi) is 10.1. The summed E-state index contributed by atoms with van der Waals surface area (Å²) in [5.41, 5.74) is 12.0. The first-order valence-electron chi connectivity index (χ1n) is 23.2. The van der Waals surface area contributed by atoms with Gasteiger partial charge in [0.1, 0.15) is 22.7 Å². The van der Waals surface area contributed by atoms with Gasteiger partial charge in [0.25, 0.3) is 0 Å². The predicted molar refractivity (Wildman–Crippen MR) is 232 cm³/mol. The van der Waals surface area contributed by atoms with Crippen LogP contribution in [0.5, 0.6) is 11.5 Å². The zero-order valence-corrected chi connectivity index (χ0v) is 34.8. The van der Waals surface area contributed by atoms with Crippen molar-refractivity contribution in [1.29, 1.82) is 0 Å². The number of hydrogen-bond acceptors (Lipinski definition) is 6. The van der Waals surface area contributed by atoms with Crippen molar-refractivity contribution in [2.75, 3.05) is 39.3 Å². The summed E-state index contributed by atoms with van der Waals surface area (Å²) in [4.78, 5) is 10.6. The maximum Gasteiger partial charge on any atom is 0.123 e. The Bertz CT molecular complexity index is 1970. The zero-order chi connectivity index (χ0) is 38.5. The molecule has 0 aromatic heterocycles. The molecule has 0 bridgehead atoms. The van der Waals surface area contributed by atoms with Crippen molar-refractivity contribution >= 4 is 0 Å². The van der Waals surface area contributed by atoms with Crippen LogP contribution in [0.3, 0.4) is 0 Å². The number of rotatable bonds is 4. The molecule has 6 heteroatoms. The van der Waals surface area contributed by atoms with E-state index in [1.54, 1.807) is 0 Å². The van der Waals surface area contributed by atoms with Crippen LogP contribution in [-0.2, 0) is 51.9 Å². The summed E-state index contributed by atoms with van der Waals surface area (Å²) in [5.74, 6) is 2.31. The van der Waals surface area contributed by atoms with Crippen LogP contribution in [0.15, 0.2) is 84.9 Å². The quantitative estimate of drug-likeness (QED) is 0.206. The number of hydrogen-bond donors (Lipinski definition) is 0. The van der Waals surface area contributed by atoms with Crippen molar-refractivity contribution in [2.45, 2.75) is 139 Å². The molecule has 0 radical (unpaired) electrons. The van der Waals surface area contributed by atoms with Gasteiger partial charge in [0.2, 0.25) is 0 Å². The van der Waals surface area contributed by atoms with Crippen LogP contribution >= 0.6 is 0 Å². The van der Waals surface area contributed by atoms with Crippen molar-refractivity contribution < 1.29 is 9.47 Å². The number of nitrogens with zero attached hydrogens (tertiary/aromatic N) is 4. The van der Waals surface area contributed by atoms with E-state index >= 15 is 0 Å². The number of ether oxygens (including phenoxy) is 2. The van der Waals surface area contributed by atoms with Crippen molar-refractivity contribution in [3.63, 3.8) is 0 Å². The molecule has 0 N–H and O–H groups in total. The van der Waals surface area contributed by atoms with Gasteiger partial charge in [-0.15, -0.1) is 0 Å². The molecule has 4 saturated heterocycles. The average molecular weight is 777 g/mol. The highest BCUT2D eigenvalue weighted by atomic mass is 16.5.